The van der Waals surface area contributed by atoms with Crippen molar-refractivity contribution < 1.29 is 4.79 Å². The van der Waals surface area contributed by atoms with Gasteiger partial charge < -0.3 is 5.73 Å². The van der Waals surface area contributed by atoms with E-state index in [2.05, 4.69) is 26.2 Å². The van der Waals surface area contributed by atoms with Crippen LogP contribution in [0.4, 0.5) is 5.69 Å². The van der Waals surface area contributed by atoms with E-state index in [1.807, 2.05) is 0 Å². The van der Waals surface area contributed by atoms with Gasteiger partial charge in [-0.1, -0.05) is 21.1 Å². The molecule has 2 N–H and O–H groups in total. The van der Waals surface area contributed by atoms with E-state index in [0.29, 0.717) is 16.9 Å². The number of carbonyl (C=O) groups is 1. The van der Waals surface area contributed by atoms with Gasteiger partial charge in [-0.05, 0) is 18.2 Å². The summed E-state index contributed by atoms with van der Waals surface area (Å²) in [5.74, 6) is -0.0373. The predicted molar refractivity (Wildman–Crippen MR) is 67.6 cm³/mol. The van der Waals surface area contributed by atoms with Crippen molar-refractivity contribution in [3.63, 3.8) is 0 Å². The van der Waals surface area contributed by atoms with Gasteiger partial charge in [0.1, 0.15) is 0 Å². The first-order valence-electron chi connectivity index (χ1n) is 4.99. The maximum absolute atomic E-state index is 12.0. The van der Waals surface area contributed by atoms with E-state index in [1.54, 1.807) is 36.1 Å². The Kier molecular flexibility index (Phi) is 3.23. The van der Waals surface area contributed by atoms with Crippen LogP contribution in [0.2, 0.25) is 0 Å². The number of nitrogens with two attached hydrogens (primary N) is 1. The normalized spacial score (nSPS) is 10.5. The SMILES string of the molecule is Cn1cc(CC(=O)c2cc(N)ccc2Br)nn1. The molecule has 0 radical (unpaired) electrons. The van der Waals surface area contributed by atoms with Crippen LogP contribution < -0.4 is 5.73 Å². The summed E-state index contributed by atoms with van der Waals surface area (Å²) in [4.78, 5) is 12.0. The number of hydrogen-bond donors (Lipinski definition) is 1. The van der Waals surface area contributed by atoms with Gasteiger partial charge in [0.25, 0.3) is 0 Å². The molecule has 0 unspecified atom stereocenters. The molecule has 1 aromatic carbocycles. The second-order valence-electron chi connectivity index (χ2n) is 3.72. The van der Waals surface area contributed by atoms with Crippen molar-refractivity contribution in [3.05, 3.63) is 40.1 Å². The summed E-state index contributed by atoms with van der Waals surface area (Å²) in [6.07, 6.45) is 1.94. The van der Waals surface area contributed by atoms with Crippen molar-refractivity contribution in [1.29, 1.82) is 0 Å². The number of nitrogen functional groups attached to an aromatic ring is 1. The van der Waals surface area contributed by atoms with Crippen LogP contribution in [-0.4, -0.2) is 20.8 Å². The van der Waals surface area contributed by atoms with Gasteiger partial charge in [-0.15, -0.1) is 5.10 Å². The second kappa shape index (κ2) is 4.67. The summed E-state index contributed by atoms with van der Waals surface area (Å²) in [6.45, 7) is 0. The van der Waals surface area contributed by atoms with E-state index in [4.69, 9.17) is 5.73 Å². The number of hydrogen-bond acceptors (Lipinski definition) is 4. The van der Waals surface area contributed by atoms with Gasteiger partial charge in [-0.25, -0.2) is 0 Å². The van der Waals surface area contributed by atoms with Crippen molar-refractivity contribution in [2.45, 2.75) is 6.42 Å². The topological polar surface area (TPSA) is 73.8 Å². The van der Waals surface area contributed by atoms with Gasteiger partial charge in [0.15, 0.2) is 5.78 Å². The van der Waals surface area contributed by atoms with Gasteiger partial charge in [0, 0.05) is 29.0 Å². The zero-order chi connectivity index (χ0) is 12.4. The third-order valence-electron chi connectivity index (χ3n) is 2.28. The van der Waals surface area contributed by atoms with Crippen LogP contribution >= 0.6 is 15.9 Å². The molecule has 0 aliphatic rings. The number of rotatable bonds is 3. The first-order chi connectivity index (χ1) is 8.06. The van der Waals surface area contributed by atoms with Crippen molar-refractivity contribution in [1.82, 2.24) is 15.0 Å². The Labute approximate surface area is 107 Å². The monoisotopic (exact) mass is 294 g/mol. The molecule has 88 valence electrons. The van der Waals surface area contributed by atoms with E-state index < -0.39 is 0 Å². The lowest BCUT2D eigenvalue weighted by molar-refractivity contribution is 0.0991. The lowest BCUT2D eigenvalue weighted by Crippen LogP contribution is -2.05. The number of anilines is 1. The second-order valence-corrected chi connectivity index (χ2v) is 4.58. The lowest BCUT2D eigenvalue weighted by atomic mass is 10.1. The van der Waals surface area contributed by atoms with Crippen LogP contribution in [-0.2, 0) is 13.5 Å². The minimum Gasteiger partial charge on any atom is -0.399 e. The van der Waals surface area contributed by atoms with Crippen LogP contribution in [0.5, 0.6) is 0 Å². The number of Topliss-reactive ketones (excluding diaryl/α,β-unsaturated/α-hetero) is 1. The molecule has 0 atom stereocenters. The molecule has 5 nitrogen and oxygen atoms in total. The van der Waals surface area contributed by atoms with Gasteiger partial charge in [-0.3, -0.25) is 9.48 Å². The van der Waals surface area contributed by atoms with Crippen LogP contribution in [0.25, 0.3) is 0 Å². The molecule has 2 aromatic rings. The third-order valence-corrected chi connectivity index (χ3v) is 2.97. The highest BCUT2D eigenvalue weighted by Gasteiger charge is 2.13. The van der Waals surface area contributed by atoms with E-state index in [1.165, 1.54) is 0 Å². The van der Waals surface area contributed by atoms with Crippen molar-refractivity contribution in [2.75, 3.05) is 5.73 Å². The summed E-state index contributed by atoms with van der Waals surface area (Å²) in [6, 6.07) is 5.16. The summed E-state index contributed by atoms with van der Waals surface area (Å²) in [7, 11) is 1.76. The van der Waals surface area contributed by atoms with Gasteiger partial charge in [0.05, 0.1) is 12.1 Å². The van der Waals surface area contributed by atoms with Crippen LogP contribution in [0, 0.1) is 0 Å². The lowest BCUT2D eigenvalue weighted by Gasteiger charge is -2.03. The molecular formula is C11H11BrN4O. The smallest absolute Gasteiger partial charge is 0.170 e. The Bertz CT molecular complexity index is 564. The van der Waals surface area contributed by atoms with Crippen LogP contribution in [0.1, 0.15) is 16.1 Å². The van der Waals surface area contributed by atoms with E-state index in [9.17, 15) is 4.79 Å². The molecule has 0 saturated carbocycles. The molecule has 17 heavy (non-hydrogen) atoms. The Morgan fingerprint density at radius 3 is 2.94 bits per heavy atom. The minimum absolute atomic E-state index is 0.0373. The largest absolute Gasteiger partial charge is 0.399 e. The number of aryl methyl sites for hydroxylation is 1. The highest BCUT2D eigenvalue weighted by molar-refractivity contribution is 9.10. The molecular weight excluding hydrogens is 284 g/mol. The first kappa shape index (κ1) is 11.8. The Balaban J connectivity index is 2.22. The molecule has 1 heterocycles. The Morgan fingerprint density at radius 1 is 1.53 bits per heavy atom. The van der Waals surface area contributed by atoms with E-state index in [-0.39, 0.29) is 12.2 Å². The van der Waals surface area contributed by atoms with E-state index in [0.717, 1.165) is 4.47 Å². The quantitative estimate of drug-likeness (QED) is 0.689. The van der Waals surface area contributed by atoms with E-state index >= 15 is 0 Å². The van der Waals surface area contributed by atoms with Crippen molar-refractivity contribution in [2.24, 2.45) is 7.05 Å². The maximum Gasteiger partial charge on any atom is 0.170 e. The number of benzene rings is 1. The zero-order valence-electron chi connectivity index (χ0n) is 9.22. The predicted octanol–water partition coefficient (Wildman–Crippen LogP) is 1.59. The molecule has 6 heteroatoms. The first-order valence-corrected chi connectivity index (χ1v) is 5.79. The molecule has 0 saturated heterocycles. The molecule has 0 fully saturated rings. The van der Waals surface area contributed by atoms with Crippen molar-refractivity contribution >= 4 is 27.4 Å². The average Bonchev–Trinajstić information content (AvgIpc) is 2.67. The molecule has 1 aromatic heterocycles. The van der Waals surface area contributed by atoms with Gasteiger partial charge in [0.2, 0.25) is 0 Å². The molecule has 2 rings (SSSR count). The third kappa shape index (κ3) is 2.71. The highest BCUT2D eigenvalue weighted by atomic mass is 79.9. The molecule has 0 aliphatic carbocycles. The number of ketones is 1. The fourth-order valence-corrected chi connectivity index (χ4v) is 1.96. The van der Waals surface area contributed by atoms with Crippen molar-refractivity contribution in [3.8, 4) is 0 Å². The molecule has 0 spiro atoms. The summed E-state index contributed by atoms with van der Waals surface area (Å²) in [5, 5.41) is 7.66. The Morgan fingerprint density at radius 2 is 2.29 bits per heavy atom. The number of nitrogens with zero attached hydrogens (tertiary/aromatic N) is 3. The number of aromatic nitrogens is 3. The fourth-order valence-electron chi connectivity index (χ4n) is 1.49. The average molecular weight is 295 g/mol. The van der Waals surface area contributed by atoms with Crippen LogP contribution in [0.3, 0.4) is 0 Å². The fraction of sp³-hybridized carbons (Fsp3) is 0.182. The highest BCUT2D eigenvalue weighted by Crippen LogP contribution is 2.21. The van der Waals surface area contributed by atoms with Gasteiger partial charge in [-0.2, -0.15) is 0 Å². The van der Waals surface area contributed by atoms with Gasteiger partial charge >= 0.3 is 0 Å². The maximum atomic E-state index is 12.0. The number of carbonyl (C=O) groups excluding carboxylic acids is 1. The summed E-state index contributed by atoms with van der Waals surface area (Å²) >= 11 is 3.33. The minimum atomic E-state index is -0.0373. The Hall–Kier alpha value is -1.69. The summed E-state index contributed by atoms with van der Waals surface area (Å²) in [5.41, 5.74) is 7.43. The molecule has 0 aliphatic heterocycles. The van der Waals surface area contributed by atoms with Crippen LogP contribution in [0.15, 0.2) is 28.9 Å². The molecule has 0 bridgehead atoms. The molecule has 0 amide bonds. The number of halogens is 1. The standard InChI is InChI=1S/C11H11BrN4O/c1-16-6-8(14-15-16)5-11(17)9-4-7(13)2-3-10(9)12/h2-4,6H,5,13H2,1H3. The summed E-state index contributed by atoms with van der Waals surface area (Å²) < 4.78 is 2.30. The zero-order valence-corrected chi connectivity index (χ0v) is 10.8.